The number of anilines is 1. The third-order valence-corrected chi connectivity index (χ3v) is 6.79. The molecule has 0 bridgehead atoms. The smallest absolute Gasteiger partial charge is 0.253 e. The normalized spacial score (nSPS) is 12.0. The minimum Gasteiger partial charge on any atom is -0.342 e. The number of thioether (sulfide) groups is 1. The van der Waals surface area contributed by atoms with Gasteiger partial charge in [0.05, 0.1) is 22.4 Å². The van der Waals surface area contributed by atoms with E-state index in [-0.39, 0.29) is 34.5 Å². The van der Waals surface area contributed by atoms with Gasteiger partial charge >= 0.3 is 0 Å². The Labute approximate surface area is 223 Å². The van der Waals surface area contributed by atoms with Crippen molar-refractivity contribution < 1.29 is 9.59 Å². The molecule has 3 rings (SSSR count). The van der Waals surface area contributed by atoms with E-state index in [0.717, 1.165) is 0 Å². The number of nitrogens with one attached hydrogen (secondary N) is 2. The summed E-state index contributed by atoms with van der Waals surface area (Å²) < 4.78 is 1.91. The van der Waals surface area contributed by atoms with Crippen molar-refractivity contribution in [3.05, 3.63) is 68.9 Å². The van der Waals surface area contributed by atoms with Gasteiger partial charge in [0.25, 0.3) is 5.91 Å². The number of nitrogens with zero attached hydrogens (tertiary/aromatic N) is 3. The number of carbonyl (C=O) groups excluding carboxylic acids is 2. The van der Waals surface area contributed by atoms with Gasteiger partial charge in [-0.25, -0.2) is 0 Å². The number of benzene rings is 2. The first kappa shape index (κ1) is 27.3. The molecule has 0 saturated carbocycles. The van der Waals surface area contributed by atoms with Crippen LogP contribution in [-0.4, -0.2) is 32.3 Å². The number of aromatic nitrogens is 3. The molecule has 3 aromatic rings. The van der Waals surface area contributed by atoms with Crippen molar-refractivity contribution in [2.45, 2.75) is 44.9 Å². The summed E-state index contributed by atoms with van der Waals surface area (Å²) in [7, 11) is 0. The number of hydrogen-bond acceptors (Lipinski definition) is 5. The van der Waals surface area contributed by atoms with E-state index in [1.54, 1.807) is 36.4 Å². The fourth-order valence-corrected chi connectivity index (χ4v) is 4.86. The topological polar surface area (TPSA) is 88.9 Å². The highest BCUT2D eigenvalue weighted by Crippen LogP contribution is 2.27. The highest BCUT2D eigenvalue weighted by molar-refractivity contribution is 7.99. The van der Waals surface area contributed by atoms with Gasteiger partial charge in [0.1, 0.15) is 0 Å². The van der Waals surface area contributed by atoms with Crippen LogP contribution in [0.2, 0.25) is 15.1 Å². The first-order valence-corrected chi connectivity index (χ1v) is 13.2. The van der Waals surface area contributed by atoms with E-state index in [4.69, 9.17) is 34.8 Å². The van der Waals surface area contributed by atoms with E-state index in [1.165, 1.54) is 17.8 Å². The average molecular weight is 555 g/mol. The molecule has 2 aromatic carbocycles. The molecular formula is C24H26Cl3N5O2S. The van der Waals surface area contributed by atoms with Gasteiger partial charge < -0.3 is 15.2 Å². The number of halogens is 3. The number of rotatable bonds is 10. The van der Waals surface area contributed by atoms with Crippen LogP contribution in [0, 0.1) is 5.92 Å². The van der Waals surface area contributed by atoms with Gasteiger partial charge in [-0.1, -0.05) is 60.4 Å². The Morgan fingerprint density at radius 2 is 1.71 bits per heavy atom. The van der Waals surface area contributed by atoms with Crippen LogP contribution in [0.5, 0.6) is 0 Å². The summed E-state index contributed by atoms with van der Waals surface area (Å²) in [6, 6.07) is 11.3. The molecule has 0 fully saturated rings. The SMILES string of the molecule is CCn1c(SCC(=O)Nc2ccc(Cl)cc2)nnc1[C@H](CC(C)C)NC(=O)c1ccc(Cl)cc1Cl. The molecule has 11 heteroatoms. The van der Waals surface area contributed by atoms with E-state index in [1.807, 2.05) is 11.5 Å². The average Bonchev–Trinajstić information content (AvgIpc) is 3.21. The van der Waals surface area contributed by atoms with Crippen LogP contribution in [-0.2, 0) is 11.3 Å². The second-order valence-corrected chi connectivity index (χ2v) is 10.4. The maximum Gasteiger partial charge on any atom is 0.253 e. The number of carbonyl (C=O) groups is 2. The van der Waals surface area contributed by atoms with Gasteiger partial charge in [0, 0.05) is 22.3 Å². The third kappa shape index (κ3) is 7.61. The first-order chi connectivity index (χ1) is 16.7. The molecule has 0 aliphatic rings. The molecule has 0 unspecified atom stereocenters. The Morgan fingerprint density at radius 1 is 1.03 bits per heavy atom. The van der Waals surface area contributed by atoms with Crippen molar-refractivity contribution in [3.63, 3.8) is 0 Å². The second-order valence-electron chi connectivity index (χ2n) is 8.21. The Bertz CT molecular complexity index is 1180. The molecule has 1 atom stereocenters. The molecule has 0 saturated heterocycles. The minimum absolute atomic E-state index is 0.155. The zero-order valence-electron chi connectivity index (χ0n) is 19.5. The van der Waals surface area contributed by atoms with E-state index in [2.05, 4.69) is 34.7 Å². The number of hydrogen-bond donors (Lipinski definition) is 2. The lowest BCUT2D eigenvalue weighted by atomic mass is 10.0. The van der Waals surface area contributed by atoms with Crippen LogP contribution < -0.4 is 10.6 Å². The summed E-state index contributed by atoms with van der Waals surface area (Å²) in [5, 5.41) is 16.5. The van der Waals surface area contributed by atoms with Crippen molar-refractivity contribution in [1.29, 1.82) is 0 Å². The fraction of sp³-hybridized carbons (Fsp3) is 0.333. The van der Waals surface area contributed by atoms with Crippen molar-refractivity contribution in [2.75, 3.05) is 11.1 Å². The summed E-state index contributed by atoms with van der Waals surface area (Å²) in [6.45, 7) is 6.68. The zero-order valence-corrected chi connectivity index (χ0v) is 22.6. The molecule has 1 heterocycles. The van der Waals surface area contributed by atoms with E-state index in [9.17, 15) is 9.59 Å². The van der Waals surface area contributed by atoms with Crippen LogP contribution in [0.15, 0.2) is 47.6 Å². The monoisotopic (exact) mass is 553 g/mol. The molecule has 35 heavy (non-hydrogen) atoms. The standard InChI is InChI=1S/C24H26Cl3N5O2S/c1-4-32-22(20(11-14(2)3)29-23(34)18-10-7-16(26)12-19(18)27)30-31-24(32)35-13-21(33)28-17-8-5-15(25)6-9-17/h5-10,12,14,20H,4,11,13H2,1-3H3,(H,28,33)(H,29,34)/t20-/m0/s1. The molecular weight excluding hydrogens is 529 g/mol. The molecule has 0 aliphatic heterocycles. The molecule has 0 aliphatic carbocycles. The maximum absolute atomic E-state index is 13.0. The van der Waals surface area contributed by atoms with Gasteiger partial charge in [-0.15, -0.1) is 10.2 Å². The predicted octanol–water partition coefficient (Wildman–Crippen LogP) is 6.51. The predicted molar refractivity (Wildman–Crippen MR) is 143 cm³/mol. The van der Waals surface area contributed by atoms with Crippen molar-refractivity contribution in [1.82, 2.24) is 20.1 Å². The Kier molecular flexibility index (Phi) is 9.86. The van der Waals surface area contributed by atoms with Crippen LogP contribution in [0.4, 0.5) is 5.69 Å². The molecule has 7 nitrogen and oxygen atoms in total. The Morgan fingerprint density at radius 3 is 2.34 bits per heavy atom. The maximum atomic E-state index is 13.0. The molecule has 2 N–H and O–H groups in total. The minimum atomic E-state index is -0.390. The lowest BCUT2D eigenvalue weighted by Crippen LogP contribution is -2.31. The van der Waals surface area contributed by atoms with Gasteiger partial charge in [-0.3, -0.25) is 9.59 Å². The summed E-state index contributed by atoms with van der Waals surface area (Å²) in [5.41, 5.74) is 0.999. The van der Waals surface area contributed by atoms with Gasteiger partial charge in [0.2, 0.25) is 5.91 Å². The summed E-state index contributed by atoms with van der Waals surface area (Å²) in [4.78, 5) is 25.4. The van der Waals surface area contributed by atoms with Crippen molar-refractivity contribution >= 4 is 64.1 Å². The summed E-state index contributed by atoms with van der Waals surface area (Å²) in [6.07, 6.45) is 0.650. The quantitative estimate of drug-likeness (QED) is 0.279. The third-order valence-electron chi connectivity index (χ3n) is 5.02. The largest absolute Gasteiger partial charge is 0.342 e. The Hall–Kier alpha value is -2.26. The second kappa shape index (κ2) is 12.6. The highest BCUT2D eigenvalue weighted by Gasteiger charge is 2.25. The first-order valence-electron chi connectivity index (χ1n) is 11.0. The molecule has 1 aromatic heterocycles. The van der Waals surface area contributed by atoms with Crippen LogP contribution in [0.25, 0.3) is 0 Å². The molecule has 2 amide bonds. The summed E-state index contributed by atoms with van der Waals surface area (Å²) >= 11 is 19.4. The van der Waals surface area contributed by atoms with Crippen molar-refractivity contribution in [2.24, 2.45) is 5.92 Å². The molecule has 0 spiro atoms. The van der Waals surface area contributed by atoms with Crippen LogP contribution >= 0.6 is 46.6 Å². The van der Waals surface area contributed by atoms with E-state index in [0.29, 0.717) is 45.2 Å². The van der Waals surface area contributed by atoms with Gasteiger partial charge in [-0.2, -0.15) is 0 Å². The number of amides is 2. The van der Waals surface area contributed by atoms with E-state index < -0.39 is 0 Å². The van der Waals surface area contributed by atoms with Crippen molar-refractivity contribution in [3.8, 4) is 0 Å². The van der Waals surface area contributed by atoms with Gasteiger partial charge in [0.15, 0.2) is 11.0 Å². The van der Waals surface area contributed by atoms with Crippen LogP contribution in [0.1, 0.15) is 49.4 Å². The lowest BCUT2D eigenvalue weighted by Gasteiger charge is -2.21. The summed E-state index contributed by atoms with van der Waals surface area (Å²) in [5.74, 6) is 0.570. The molecule has 186 valence electrons. The molecule has 0 radical (unpaired) electrons. The lowest BCUT2D eigenvalue weighted by molar-refractivity contribution is -0.113. The zero-order chi connectivity index (χ0) is 25.5. The Balaban J connectivity index is 1.74. The van der Waals surface area contributed by atoms with E-state index >= 15 is 0 Å². The highest BCUT2D eigenvalue weighted by atomic mass is 35.5. The van der Waals surface area contributed by atoms with Crippen LogP contribution in [0.3, 0.4) is 0 Å². The van der Waals surface area contributed by atoms with Gasteiger partial charge in [-0.05, 0) is 61.7 Å². The fourth-order valence-electron chi connectivity index (χ4n) is 3.43.